The highest BCUT2D eigenvalue weighted by atomic mass is 35.5. The second-order valence-electron chi connectivity index (χ2n) is 7.26. The summed E-state index contributed by atoms with van der Waals surface area (Å²) in [7, 11) is -1.89. The molecule has 28 heavy (non-hydrogen) atoms. The summed E-state index contributed by atoms with van der Waals surface area (Å²) < 4.78 is 25.6. The molecule has 0 spiro atoms. The van der Waals surface area contributed by atoms with Gasteiger partial charge < -0.3 is 5.32 Å². The maximum Gasteiger partial charge on any atom is 0.230 e. The van der Waals surface area contributed by atoms with E-state index in [4.69, 9.17) is 11.6 Å². The van der Waals surface area contributed by atoms with Crippen molar-refractivity contribution >= 4 is 27.5 Å². The van der Waals surface area contributed by atoms with Gasteiger partial charge in [0.15, 0.2) is 0 Å². The molecule has 1 aliphatic rings. The maximum absolute atomic E-state index is 13.1. The van der Waals surface area contributed by atoms with Gasteiger partial charge in [-0.3, -0.25) is 4.79 Å². The monoisotopic (exact) mass is 420 g/mol. The van der Waals surface area contributed by atoms with Crippen LogP contribution < -0.4 is 10.0 Å². The predicted molar refractivity (Wildman–Crippen MR) is 112 cm³/mol. The van der Waals surface area contributed by atoms with Crippen molar-refractivity contribution in [3.63, 3.8) is 0 Å². The number of carbonyl (C=O) groups is 1. The Hall–Kier alpha value is -1.89. The molecule has 2 aromatic rings. The maximum atomic E-state index is 13.1. The number of benzene rings is 2. The van der Waals surface area contributed by atoms with Gasteiger partial charge in [-0.15, -0.1) is 0 Å². The first-order valence-corrected chi connectivity index (χ1v) is 11.4. The first-order valence-electron chi connectivity index (χ1n) is 9.38. The molecule has 2 N–H and O–H groups in total. The summed E-state index contributed by atoms with van der Waals surface area (Å²) in [4.78, 5) is 13.1. The fourth-order valence-electron chi connectivity index (χ4n) is 3.81. The third-order valence-corrected chi connectivity index (χ3v) is 6.98. The number of nitrogens with one attached hydrogen (secondary N) is 2. The molecule has 0 aliphatic heterocycles. The molecule has 0 radical (unpaired) electrons. The number of halogens is 1. The Kier molecular flexibility index (Phi) is 6.43. The van der Waals surface area contributed by atoms with Gasteiger partial charge in [-0.2, -0.15) is 0 Å². The largest absolute Gasteiger partial charge is 0.351 e. The van der Waals surface area contributed by atoms with Gasteiger partial charge in [-0.1, -0.05) is 60.8 Å². The Morgan fingerprint density at radius 3 is 2.32 bits per heavy atom. The smallest absolute Gasteiger partial charge is 0.230 e. The van der Waals surface area contributed by atoms with Crippen molar-refractivity contribution in [1.29, 1.82) is 0 Å². The summed E-state index contributed by atoms with van der Waals surface area (Å²) >= 11 is 6.15. The number of sulfonamides is 1. The van der Waals surface area contributed by atoms with E-state index in [2.05, 4.69) is 10.0 Å². The summed E-state index contributed by atoms with van der Waals surface area (Å²) in [5, 5.41) is 3.71. The average molecular weight is 421 g/mol. The zero-order valence-electron chi connectivity index (χ0n) is 15.9. The van der Waals surface area contributed by atoms with E-state index in [1.807, 2.05) is 36.4 Å². The minimum Gasteiger partial charge on any atom is -0.351 e. The zero-order valence-corrected chi connectivity index (χ0v) is 17.4. The number of rotatable bonds is 7. The van der Waals surface area contributed by atoms with Gasteiger partial charge in [0.2, 0.25) is 15.9 Å². The van der Waals surface area contributed by atoms with E-state index in [1.54, 1.807) is 12.1 Å². The molecule has 1 amide bonds. The van der Waals surface area contributed by atoms with Crippen molar-refractivity contribution in [3.8, 4) is 0 Å². The quantitative estimate of drug-likeness (QED) is 0.719. The van der Waals surface area contributed by atoms with E-state index in [0.717, 1.165) is 36.8 Å². The van der Waals surface area contributed by atoms with Crippen molar-refractivity contribution in [1.82, 2.24) is 10.0 Å². The minimum atomic E-state index is -3.30. The van der Waals surface area contributed by atoms with Crippen LogP contribution in [0.3, 0.4) is 0 Å². The van der Waals surface area contributed by atoms with Crippen LogP contribution in [0, 0.1) is 0 Å². The van der Waals surface area contributed by atoms with Crippen molar-refractivity contribution in [2.75, 3.05) is 7.05 Å². The summed E-state index contributed by atoms with van der Waals surface area (Å²) in [6.07, 6.45) is 3.68. The molecule has 5 nitrogen and oxygen atoms in total. The third kappa shape index (κ3) is 4.74. The Morgan fingerprint density at radius 2 is 1.71 bits per heavy atom. The lowest BCUT2D eigenvalue weighted by Crippen LogP contribution is -2.42. The molecule has 1 saturated carbocycles. The molecular formula is C21H25ClN2O3S. The third-order valence-electron chi connectivity index (χ3n) is 5.41. The normalized spacial score (nSPS) is 16.1. The van der Waals surface area contributed by atoms with E-state index in [1.165, 1.54) is 7.05 Å². The fourth-order valence-corrected chi connectivity index (χ4v) is 4.77. The number of hydrogen-bond donors (Lipinski definition) is 2. The van der Waals surface area contributed by atoms with Crippen LogP contribution in [0.4, 0.5) is 0 Å². The number of carbonyl (C=O) groups excluding carboxylic acids is 1. The standard InChI is InChI=1S/C21H25ClN2O3S/c1-23-28(26,27)15-17-9-7-16(8-10-17)14-24-20(25)21(11-2-3-12-21)18-5-4-6-19(22)13-18/h4-10,13,23H,2-3,11-12,14-15H2,1H3,(H,24,25). The van der Waals surface area contributed by atoms with Gasteiger partial charge in [-0.05, 0) is 48.7 Å². The molecule has 150 valence electrons. The lowest BCUT2D eigenvalue weighted by Gasteiger charge is -2.28. The summed E-state index contributed by atoms with van der Waals surface area (Å²) in [6.45, 7) is 0.403. The van der Waals surface area contributed by atoms with E-state index < -0.39 is 15.4 Å². The van der Waals surface area contributed by atoms with Gasteiger partial charge in [0.1, 0.15) is 0 Å². The second-order valence-corrected chi connectivity index (χ2v) is 9.62. The minimum absolute atomic E-state index is 0.0223. The van der Waals surface area contributed by atoms with Crippen molar-refractivity contribution in [2.45, 2.75) is 43.4 Å². The van der Waals surface area contributed by atoms with E-state index >= 15 is 0 Å². The van der Waals surface area contributed by atoms with Crippen molar-refractivity contribution in [2.24, 2.45) is 0 Å². The van der Waals surface area contributed by atoms with Gasteiger partial charge in [0.05, 0.1) is 11.2 Å². The van der Waals surface area contributed by atoms with E-state index in [0.29, 0.717) is 17.1 Å². The molecule has 0 bridgehead atoms. The van der Waals surface area contributed by atoms with Crippen LogP contribution in [0.25, 0.3) is 0 Å². The van der Waals surface area contributed by atoms with Crippen LogP contribution in [0.1, 0.15) is 42.4 Å². The Bertz CT molecular complexity index is 936. The molecule has 0 heterocycles. The molecule has 1 aliphatic carbocycles. The highest BCUT2D eigenvalue weighted by Crippen LogP contribution is 2.42. The molecule has 0 saturated heterocycles. The highest BCUT2D eigenvalue weighted by Gasteiger charge is 2.42. The SMILES string of the molecule is CNS(=O)(=O)Cc1ccc(CNC(=O)C2(c3cccc(Cl)c3)CCCC2)cc1. The lowest BCUT2D eigenvalue weighted by atomic mass is 9.78. The molecular weight excluding hydrogens is 396 g/mol. The predicted octanol–water partition coefficient (Wildman–Crippen LogP) is 3.52. The molecule has 0 atom stereocenters. The van der Waals surface area contributed by atoms with Crippen LogP contribution in [0.5, 0.6) is 0 Å². The van der Waals surface area contributed by atoms with Crippen LogP contribution >= 0.6 is 11.6 Å². The Morgan fingerprint density at radius 1 is 1.07 bits per heavy atom. The van der Waals surface area contributed by atoms with Crippen LogP contribution in [-0.4, -0.2) is 21.4 Å². The first-order chi connectivity index (χ1) is 13.3. The second kappa shape index (κ2) is 8.64. The Balaban J connectivity index is 1.68. The molecule has 1 fully saturated rings. The topological polar surface area (TPSA) is 75.3 Å². The summed E-state index contributed by atoms with van der Waals surface area (Å²) in [5.74, 6) is -0.0392. The van der Waals surface area contributed by atoms with E-state index in [9.17, 15) is 13.2 Å². The van der Waals surface area contributed by atoms with Gasteiger partial charge in [0, 0.05) is 11.6 Å². The lowest BCUT2D eigenvalue weighted by molar-refractivity contribution is -0.126. The molecule has 0 aromatic heterocycles. The number of amides is 1. The van der Waals surface area contributed by atoms with Crippen molar-refractivity contribution < 1.29 is 13.2 Å². The highest BCUT2D eigenvalue weighted by molar-refractivity contribution is 7.88. The molecule has 2 aromatic carbocycles. The van der Waals surface area contributed by atoms with Gasteiger partial charge in [0.25, 0.3) is 0 Å². The Labute approximate surface area is 171 Å². The van der Waals surface area contributed by atoms with Crippen molar-refractivity contribution in [3.05, 3.63) is 70.2 Å². The fraction of sp³-hybridized carbons (Fsp3) is 0.381. The van der Waals surface area contributed by atoms with Crippen LogP contribution in [0.15, 0.2) is 48.5 Å². The van der Waals surface area contributed by atoms with Crippen LogP contribution in [-0.2, 0) is 32.5 Å². The first kappa shape index (κ1) is 20.8. The molecule has 7 heteroatoms. The van der Waals surface area contributed by atoms with Crippen LogP contribution in [0.2, 0.25) is 5.02 Å². The summed E-state index contributed by atoms with van der Waals surface area (Å²) in [6, 6.07) is 14.8. The zero-order chi connectivity index (χ0) is 20.2. The molecule has 0 unspecified atom stereocenters. The summed E-state index contributed by atoms with van der Waals surface area (Å²) in [5.41, 5.74) is 2.09. The van der Waals surface area contributed by atoms with Gasteiger partial charge >= 0.3 is 0 Å². The average Bonchev–Trinajstić information content (AvgIpc) is 3.18. The molecule has 3 rings (SSSR count). The number of hydrogen-bond acceptors (Lipinski definition) is 3. The van der Waals surface area contributed by atoms with E-state index in [-0.39, 0.29) is 11.7 Å². The van der Waals surface area contributed by atoms with Gasteiger partial charge in [-0.25, -0.2) is 13.1 Å².